The van der Waals surface area contributed by atoms with E-state index >= 15 is 0 Å². The van der Waals surface area contributed by atoms with E-state index in [4.69, 9.17) is 0 Å². The van der Waals surface area contributed by atoms with Crippen molar-refractivity contribution < 1.29 is 4.21 Å². The molecule has 0 aromatic heterocycles. The summed E-state index contributed by atoms with van der Waals surface area (Å²) in [5.74, 6) is 0.932. The molecule has 10 heavy (non-hydrogen) atoms. The predicted octanol–water partition coefficient (Wildman–Crippen LogP) is 1.94. The Bertz CT molecular complexity index is 146. The fraction of sp³-hybridized carbons (Fsp3) is 1.00. The van der Waals surface area contributed by atoms with Crippen LogP contribution in [0.15, 0.2) is 0 Å². The molecule has 1 nitrogen and oxygen atoms in total. The molecule has 0 aromatic carbocycles. The molecule has 2 heteroatoms. The van der Waals surface area contributed by atoms with Crippen LogP contribution in [-0.4, -0.2) is 15.2 Å². The highest BCUT2D eigenvalue weighted by Gasteiger charge is 2.33. The normalized spacial score (nSPS) is 34.7. The Morgan fingerprint density at radius 3 is 2.20 bits per heavy atom. The second-order valence-electron chi connectivity index (χ2n) is 4.08. The van der Waals surface area contributed by atoms with Crippen molar-refractivity contribution in [1.29, 1.82) is 0 Å². The molecular weight excluding hydrogens is 144 g/mol. The summed E-state index contributed by atoms with van der Waals surface area (Å²) < 4.78 is 11.3. The molecule has 1 heterocycles. The van der Waals surface area contributed by atoms with Gasteiger partial charge in [0.15, 0.2) is 0 Å². The van der Waals surface area contributed by atoms with Gasteiger partial charge in [0.2, 0.25) is 0 Å². The zero-order valence-corrected chi connectivity index (χ0v) is 7.83. The molecule has 0 aromatic rings. The topological polar surface area (TPSA) is 17.1 Å². The third kappa shape index (κ3) is 1.60. The Balaban J connectivity index is 2.64. The first-order valence-electron chi connectivity index (χ1n) is 3.89. The van der Waals surface area contributed by atoms with Crippen LogP contribution in [-0.2, 0) is 10.8 Å². The van der Waals surface area contributed by atoms with Gasteiger partial charge in [0.05, 0.1) is 0 Å². The quantitative estimate of drug-likeness (QED) is 0.529. The molecule has 1 fully saturated rings. The lowest BCUT2D eigenvalue weighted by molar-refractivity contribution is 0.382. The first-order chi connectivity index (χ1) is 4.52. The van der Waals surface area contributed by atoms with Gasteiger partial charge in [0.25, 0.3) is 0 Å². The zero-order valence-electron chi connectivity index (χ0n) is 7.02. The van der Waals surface area contributed by atoms with Crippen molar-refractivity contribution >= 4 is 10.8 Å². The van der Waals surface area contributed by atoms with Gasteiger partial charge in [-0.3, -0.25) is 4.21 Å². The third-order valence-corrected chi connectivity index (χ3v) is 4.36. The van der Waals surface area contributed by atoms with Gasteiger partial charge in [-0.1, -0.05) is 20.8 Å². The highest BCUT2D eigenvalue weighted by atomic mass is 32.2. The van der Waals surface area contributed by atoms with Crippen LogP contribution in [0.5, 0.6) is 0 Å². The molecule has 1 rings (SSSR count). The number of hydrogen-bond donors (Lipinski definition) is 0. The molecule has 0 N–H and O–H groups in total. The Morgan fingerprint density at radius 1 is 1.40 bits per heavy atom. The van der Waals surface area contributed by atoms with E-state index in [1.807, 2.05) is 0 Å². The van der Waals surface area contributed by atoms with E-state index < -0.39 is 10.8 Å². The van der Waals surface area contributed by atoms with Gasteiger partial charge in [0, 0.05) is 21.8 Å². The van der Waals surface area contributed by atoms with E-state index in [-0.39, 0.29) is 5.41 Å². The van der Waals surface area contributed by atoms with Crippen molar-refractivity contribution in [1.82, 2.24) is 0 Å². The molecule has 2 atom stereocenters. The van der Waals surface area contributed by atoms with Crippen LogP contribution in [0, 0.1) is 5.41 Å². The Morgan fingerprint density at radius 2 is 2.00 bits per heavy atom. The lowest BCUT2D eigenvalue weighted by Crippen LogP contribution is -2.26. The lowest BCUT2D eigenvalue weighted by atomic mass is 9.89. The summed E-state index contributed by atoms with van der Waals surface area (Å²) in [6.45, 7) is 6.54. The molecule has 0 unspecified atom stereocenters. The summed E-state index contributed by atoms with van der Waals surface area (Å²) >= 11 is 0. The highest BCUT2D eigenvalue weighted by Crippen LogP contribution is 2.32. The predicted molar refractivity (Wildman–Crippen MR) is 45.5 cm³/mol. The van der Waals surface area contributed by atoms with Crippen LogP contribution >= 0.6 is 0 Å². The maximum absolute atomic E-state index is 11.3. The SMILES string of the molecule is CC(C)(C)[C@@H]1CCC[S@@]1=O. The van der Waals surface area contributed by atoms with E-state index in [2.05, 4.69) is 20.8 Å². The highest BCUT2D eigenvalue weighted by molar-refractivity contribution is 7.85. The zero-order chi connectivity index (χ0) is 7.78. The van der Waals surface area contributed by atoms with Crippen molar-refractivity contribution in [3.8, 4) is 0 Å². The van der Waals surface area contributed by atoms with Gasteiger partial charge in [-0.25, -0.2) is 0 Å². The maximum atomic E-state index is 11.3. The van der Waals surface area contributed by atoms with Crippen LogP contribution in [0.2, 0.25) is 0 Å². The molecule has 1 saturated heterocycles. The summed E-state index contributed by atoms with van der Waals surface area (Å²) in [6.07, 6.45) is 2.32. The van der Waals surface area contributed by atoms with Crippen LogP contribution in [0.25, 0.3) is 0 Å². The van der Waals surface area contributed by atoms with Crippen molar-refractivity contribution in [2.45, 2.75) is 38.9 Å². The minimum atomic E-state index is -0.530. The van der Waals surface area contributed by atoms with E-state index in [1.54, 1.807) is 0 Å². The molecule has 0 amide bonds. The summed E-state index contributed by atoms with van der Waals surface area (Å²) in [6, 6.07) is 0. The van der Waals surface area contributed by atoms with E-state index in [1.165, 1.54) is 0 Å². The summed E-state index contributed by atoms with van der Waals surface area (Å²) in [4.78, 5) is 0. The standard InChI is InChI=1S/C8H16OS/c1-8(2,3)7-5-4-6-10(7)9/h7H,4-6H2,1-3H3/t7-,10-/m0/s1. The number of rotatable bonds is 0. The second kappa shape index (κ2) is 2.65. The number of hydrogen-bond acceptors (Lipinski definition) is 1. The largest absolute Gasteiger partial charge is 0.259 e. The molecule has 0 radical (unpaired) electrons. The van der Waals surface area contributed by atoms with Crippen LogP contribution in [0.4, 0.5) is 0 Å². The summed E-state index contributed by atoms with van der Waals surface area (Å²) in [5, 5.41) is 0.451. The van der Waals surface area contributed by atoms with Gasteiger partial charge >= 0.3 is 0 Å². The third-order valence-electron chi connectivity index (χ3n) is 2.10. The van der Waals surface area contributed by atoms with E-state index in [0.29, 0.717) is 5.25 Å². The van der Waals surface area contributed by atoms with Gasteiger partial charge < -0.3 is 0 Å². The average Bonchev–Trinajstić information content (AvgIpc) is 2.11. The first kappa shape index (κ1) is 8.25. The smallest absolute Gasteiger partial charge is 0.0396 e. The molecule has 1 aliphatic heterocycles. The minimum absolute atomic E-state index is 0.251. The Hall–Kier alpha value is 0.150. The fourth-order valence-corrected chi connectivity index (χ4v) is 3.47. The van der Waals surface area contributed by atoms with Crippen molar-refractivity contribution in [3.05, 3.63) is 0 Å². The fourth-order valence-electron chi connectivity index (χ4n) is 1.51. The molecule has 1 aliphatic rings. The summed E-state index contributed by atoms with van der Waals surface area (Å²) in [7, 11) is -0.530. The van der Waals surface area contributed by atoms with Crippen LogP contribution in [0.1, 0.15) is 33.6 Å². The van der Waals surface area contributed by atoms with Crippen molar-refractivity contribution in [2.75, 3.05) is 5.75 Å². The van der Waals surface area contributed by atoms with Crippen LogP contribution < -0.4 is 0 Å². The van der Waals surface area contributed by atoms with Gasteiger partial charge in [-0.15, -0.1) is 0 Å². The van der Waals surface area contributed by atoms with Crippen molar-refractivity contribution in [3.63, 3.8) is 0 Å². The second-order valence-corrected chi connectivity index (χ2v) is 5.82. The average molecular weight is 160 g/mol. The molecular formula is C8H16OS. The molecule has 60 valence electrons. The molecule has 0 bridgehead atoms. The van der Waals surface area contributed by atoms with Gasteiger partial charge in [0.1, 0.15) is 0 Å². The van der Waals surface area contributed by atoms with Crippen LogP contribution in [0.3, 0.4) is 0 Å². The summed E-state index contributed by atoms with van der Waals surface area (Å²) in [5.41, 5.74) is 0.251. The lowest BCUT2D eigenvalue weighted by Gasteiger charge is -2.25. The maximum Gasteiger partial charge on any atom is 0.0396 e. The van der Waals surface area contributed by atoms with Gasteiger partial charge in [-0.2, -0.15) is 0 Å². The molecule has 0 spiro atoms. The Kier molecular flexibility index (Phi) is 2.18. The Labute approximate surface area is 65.7 Å². The van der Waals surface area contributed by atoms with E-state index in [0.717, 1.165) is 18.6 Å². The van der Waals surface area contributed by atoms with Crippen molar-refractivity contribution in [2.24, 2.45) is 5.41 Å². The molecule has 0 saturated carbocycles. The molecule has 0 aliphatic carbocycles. The first-order valence-corrected chi connectivity index (χ1v) is 5.27. The minimum Gasteiger partial charge on any atom is -0.259 e. The van der Waals surface area contributed by atoms with E-state index in [9.17, 15) is 4.21 Å². The van der Waals surface area contributed by atoms with Gasteiger partial charge in [-0.05, 0) is 18.3 Å². The monoisotopic (exact) mass is 160 g/mol.